The molecule has 0 bridgehead atoms. The standard InChI is InChI=1S/C8H11N.C7H4F2O/c1-2-7-5-3-4-6-8(7)9;8-4-2-1-3-5(6(4)9)7(3)10/h3-6H,2,9H2,1H3;1-2,7,10H. The number of fused-ring (bicyclic) bond motifs is 1. The van der Waals surface area contributed by atoms with E-state index in [-0.39, 0.29) is 5.56 Å². The first-order valence-corrected chi connectivity index (χ1v) is 6.05. The van der Waals surface area contributed by atoms with Crippen molar-refractivity contribution in [2.45, 2.75) is 19.4 Å². The van der Waals surface area contributed by atoms with Gasteiger partial charge in [0.25, 0.3) is 0 Å². The van der Waals surface area contributed by atoms with E-state index in [4.69, 9.17) is 10.8 Å². The van der Waals surface area contributed by atoms with Crippen LogP contribution in [0.25, 0.3) is 0 Å². The number of halogens is 2. The second-order valence-corrected chi connectivity index (χ2v) is 4.32. The minimum atomic E-state index is -0.912. The molecule has 0 spiro atoms. The van der Waals surface area contributed by atoms with Gasteiger partial charge in [0.2, 0.25) is 0 Å². The van der Waals surface area contributed by atoms with Crippen molar-refractivity contribution in [3.63, 3.8) is 0 Å². The minimum Gasteiger partial charge on any atom is -0.399 e. The Balaban J connectivity index is 0.000000141. The summed E-state index contributed by atoms with van der Waals surface area (Å²) in [5.74, 6) is -1.81. The Morgan fingerprint density at radius 1 is 1.16 bits per heavy atom. The molecule has 3 N–H and O–H groups in total. The molecule has 2 nitrogen and oxygen atoms in total. The van der Waals surface area contributed by atoms with Crippen LogP contribution in [0.2, 0.25) is 0 Å². The number of aliphatic hydroxyl groups is 1. The Labute approximate surface area is 110 Å². The van der Waals surface area contributed by atoms with Gasteiger partial charge in [-0.15, -0.1) is 0 Å². The van der Waals surface area contributed by atoms with E-state index in [1.165, 1.54) is 11.6 Å². The molecular weight excluding hydrogens is 248 g/mol. The van der Waals surface area contributed by atoms with E-state index in [0.29, 0.717) is 5.56 Å². The molecule has 0 aliphatic heterocycles. The summed E-state index contributed by atoms with van der Waals surface area (Å²) in [5, 5.41) is 8.85. The average Bonchev–Trinajstić information content (AvgIpc) is 3.07. The Morgan fingerprint density at radius 3 is 2.37 bits per heavy atom. The highest BCUT2D eigenvalue weighted by Crippen LogP contribution is 2.42. The van der Waals surface area contributed by atoms with Crippen LogP contribution < -0.4 is 5.73 Å². The van der Waals surface area contributed by atoms with Crippen LogP contribution in [-0.4, -0.2) is 5.11 Å². The van der Waals surface area contributed by atoms with Crippen molar-refractivity contribution >= 4 is 5.69 Å². The molecule has 19 heavy (non-hydrogen) atoms. The lowest BCUT2D eigenvalue weighted by molar-refractivity contribution is 0.263. The molecule has 100 valence electrons. The largest absolute Gasteiger partial charge is 0.399 e. The van der Waals surface area contributed by atoms with Gasteiger partial charge in [-0.05, 0) is 29.7 Å². The molecule has 1 aliphatic rings. The number of benzene rings is 2. The second kappa shape index (κ2) is 5.36. The zero-order chi connectivity index (χ0) is 14.0. The molecule has 1 atom stereocenters. The third kappa shape index (κ3) is 2.74. The van der Waals surface area contributed by atoms with Crippen LogP contribution in [0, 0.1) is 11.6 Å². The highest BCUT2D eigenvalue weighted by molar-refractivity contribution is 5.50. The number of anilines is 1. The van der Waals surface area contributed by atoms with Crippen molar-refractivity contribution in [1.82, 2.24) is 0 Å². The summed E-state index contributed by atoms with van der Waals surface area (Å²) in [5.41, 5.74) is 8.38. The van der Waals surface area contributed by atoms with Gasteiger partial charge in [0.05, 0.1) is 0 Å². The van der Waals surface area contributed by atoms with Crippen LogP contribution in [0.5, 0.6) is 0 Å². The molecule has 2 aromatic carbocycles. The van der Waals surface area contributed by atoms with Gasteiger partial charge in [-0.1, -0.05) is 31.2 Å². The van der Waals surface area contributed by atoms with Gasteiger partial charge < -0.3 is 10.8 Å². The number of rotatable bonds is 1. The third-order valence-corrected chi connectivity index (χ3v) is 3.09. The highest BCUT2D eigenvalue weighted by atomic mass is 19.2. The lowest BCUT2D eigenvalue weighted by atomic mass is 10.1. The molecule has 0 fully saturated rings. The Bertz CT molecular complexity index is 599. The van der Waals surface area contributed by atoms with Crippen molar-refractivity contribution in [3.05, 3.63) is 64.7 Å². The number of aryl methyl sites for hydroxylation is 1. The molecule has 2 aromatic rings. The van der Waals surface area contributed by atoms with E-state index in [9.17, 15) is 8.78 Å². The average molecular weight is 263 g/mol. The van der Waals surface area contributed by atoms with Gasteiger partial charge in [-0.2, -0.15) is 0 Å². The summed E-state index contributed by atoms with van der Waals surface area (Å²) >= 11 is 0. The first-order valence-electron chi connectivity index (χ1n) is 6.05. The predicted molar refractivity (Wildman–Crippen MR) is 70.7 cm³/mol. The van der Waals surface area contributed by atoms with E-state index in [2.05, 4.69) is 13.0 Å². The monoisotopic (exact) mass is 263 g/mol. The molecule has 0 aromatic heterocycles. The molecule has 0 amide bonds. The minimum absolute atomic E-state index is 0.111. The lowest BCUT2D eigenvalue weighted by Gasteiger charge is -1.98. The SMILES string of the molecule is CCc1ccccc1N.OC1c2ccc(F)c(F)c21. The van der Waals surface area contributed by atoms with E-state index in [1.807, 2.05) is 18.2 Å². The topological polar surface area (TPSA) is 46.2 Å². The van der Waals surface area contributed by atoms with Crippen LogP contribution >= 0.6 is 0 Å². The molecule has 3 rings (SSSR count). The second-order valence-electron chi connectivity index (χ2n) is 4.32. The smallest absolute Gasteiger partial charge is 0.165 e. The molecule has 0 saturated heterocycles. The maximum absolute atomic E-state index is 12.5. The predicted octanol–water partition coefficient (Wildman–Crippen LogP) is 3.19. The quantitative estimate of drug-likeness (QED) is 0.776. The summed E-state index contributed by atoms with van der Waals surface area (Å²) in [4.78, 5) is 0. The van der Waals surface area contributed by atoms with E-state index >= 15 is 0 Å². The molecule has 1 unspecified atom stereocenters. The Hall–Kier alpha value is -1.94. The molecule has 4 heteroatoms. The molecule has 0 radical (unpaired) electrons. The highest BCUT2D eigenvalue weighted by Gasteiger charge is 2.35. The van der Waals surface area contributed by atoms with Crippen LogP contribution in [0.4, 0.5) is 14.5 Å². The van der Waals surface area contributed by atoms with Crippen molar-refractivity contribution in [3.8, 4) is 0 Å². The molecule has 0 saturated carbocycles. The van der Waals surface area contributed by atoms with Gasteiger partial charge in [0.1, 0.15) is 6.10 Å². The number of hydrogen-bond donors (Lipinski definition) is 2. The summed E-state index contributed by atoms with van der Waals surface area (Å²) in [6, 6.07) is 10.3. The van der Waals surface area contributed by atoms with Crippen molar-refractivity contribution < 1.29 is 13.9 Å². The number of aliphatic hydroxyl groups excluding tert-OH is 1. The fourth-order valence-corrected chi connectivity index (χ4v) is 1.87. The summed E-state index contributed by atoms with van der Waals surface area (Å²) in [7, 11) is 0. The first-order chi connectivity index (χ1) is 9.06. The van der Waals surface area contributed by atoms with Gasteiger partial charge in [-0.3, -0.25) is 0 Å². The van der Waals surface area contributed by atoms with Crippen LogP contribution in [0.15, 0.2) is 36.4 Å². The summed E-state index contributed by atoms with van der Waals surface area (Å²) in [6.45, 7) is 2.10. The van der Waals surface area contributed by atoms with Crippen LogP contribution in [-0.2, 0) is 6.42 Å². The van der Waals surface area contributed by atoms with E-state index in [1.54, 1.807) is 0 Å². The van der Waals surface area contributed by atoms with Gasteiger partial charge in [-0.25, -0.2) is 8.78 Å². The number of para-hydroxylation sites is 1. The maximum Gasteiger partial charge on any atom is 0.165 e. The molecule has 0 heterocycles. The normalized spacial score (nSPS) is 15.3. The van der Waals surface area contributed by atoms with Crippen molar-refractivity contribution in [1.29, 1.82) is 0 Å². The fraction of sp³-hybridized carbons (Fsp3) is 0.200. The fourth-order valence-electron chi connectivity index (χ4n) is 1.87. The van der Waals surface area contributed by atoms with E-state index < -0.39 is 17.7 Å². The zero-order valence-corrected chi connectivity index (χ0v) is 10.5. The van der Waals surface area contributed by atoms with Gasteiger partial charge in [0.15, 0.2) is 11.6 Å². The number of hydrogen-bond acceptors (Lipinski definition) is 2. The van der Waals surface area contributed by atoms with Crippen molar-refractivity contribution in [2.24, 2.45) is 0 Å². The van der Waals surface area contributed by atoms with Gasteiger partial charge >= 0.3 is 0 Å². The summed E-state index contributed by atoms with van der Waals surface area (Å²) < 4.78 is 24.8. The number of nitrogen functional groups attached to an aromatic ring is 1. The molecular formula is C15H15F2NO. The zero-order valence-electron chi connectivity index (χ0n) is 10.5. The maximum atomic E-state index is 12.5. The van der Waals surface area contributed by atoms with Crippen LogP contribution in [0.3, 0.4) is 0 Å². The molecule has 1 aliphatic carbocycles. The lowest BCUT2D eigenvalue weighted by Crippen LogP contribution is -1.90. The van der Waals surface area contributed by atoms with E-state index in [0.717, 1.165) is 18.2 Å². The van der Waals surface area contributed by atoms with Gasteiger partial charge in [0, 0.05) is 11.3 Å². The number of nitrogens with two attached hydrogens (primary N) is 1. The van der Waals surface area contributed by atoms with Crippen molar-refractivity contribution in [2.75, 3.05) is 5.73 Å². The van der Waals surface area contributed by atoms with Crippen LogP contribution in [0.1, 0.15) is 29.7 Å². The third-order valence-electron chi connectivity index (χ3n) is 3.09. The Morgan fingerprint density at radius 2 is 1.84 bits per heavy atom. The summed E-state index contributed by atoms with van der Waals surface area (Å²) in [6.07, 6.45) is 0.164. The Kier molecular flexibility index (Phi) is 3.81. The first kappa shape index (κ1) is 13.5.